The minimum atomic E-state index is -0.223. The number of rotatable bonds is 5. The third-order valence-electron chi connectivity index (χ3n) is 3.14. The molecule has 0 aliphatic carbocycles. The number of amides is 1. The van der Waals surface area contributed by atoms with E-state index in [9.17, 15) is 9.90 Å². The number of phenolic OH excluding ortho intramolecular Hbond substituents is 1. The number of hydrogen-bond acceptors (Lipinski definition) is 4. The summed E-state index contributed by atoms with van der Waals surface area (Å²) in [5, 5.41) is 16.3. The number of aryl methyl sites for hydroxylation is 1. The lowest BCUT2D eigenvalue weighted by Crippen LogP contribution is -2.26. The molecule has 3 N–H and O–H groups in total. The molecule has 1 amide bonds. The molecule has 0 fully saturated rings. The maximum Gasteiger partial charge on any atom is 0.259 e. The zero-order chi connectivity index (χ0) is 15.9. The number of anilines is 1. The summed E-state index contributed by atoms with van der Waals surface area (Å²) >= 11 is 0. The molecule has 0 spiro atoms. The van der Waals surface area contributed by atoms with Gasteiger partial charge in [-0.05, 0) is 55.8 Å². The molecule has 0 atom stereocenters. The zero-order valence-corrected chi connectivity index (χ0v) is 12.6. The Hall–Kier alpha value is -2.82. The number of carbonyl (C=O) groups is 1. The van der Waals surface area contributed by atoms with Crippen molar-refractivity contribution in [3.8, 4) is 5.75 Å². The highest BCUT2D eigenvalue weighted by Crippen LogP contribution is 2.10. The minimum absolute atomic E-state index is 0.148. The summed E-state index contributed by atoms with van der Waals surface area (Å²) in [7, 11) is 0. The molecule has 0 aliphatic heterocycles. The summed E-state index contributed by atoms with van der Waals surface area (Å²) in [6.45, 7) is 3.95. The number of hydrogen-bond donors (Lipinski definition) is 3. The minimum Gasteiger partial charge on any atom is -0.508 e. The molecule has 0 unspecified atom stereocenters. The number of aromatic hydroxyl groups is 1. The SMILES string of the molecule is C/C(=N\NC(=O)CNc1ccc(C)cc1)c1ccc(O)cc1. The van der Waals surface area contributed by atoms with Crippen molar-refractivity contribution in [3.05, 3.63) is 59.7 Å². The van der Waals surface area contributed by atoms with Gasteiger partial charge in [0.1, 0.15) is 5.75 Å². The van der Waals surface area contributed by atoms with Crippen LogP contribution in [0.5, 0.6) is 5.75 Å². The molecule has 2 rings (SSSR count). The third kappa shape index (κ3) is 4.63. The molecule has 0 radical (unpaired) electrons. The van der Waals surface area contributed by atoms with Gasteiger partial charge in [-0.15, -0.1) is 0 Å². The van der Waals surface area contributed by atoms with Gasteiger partial charge in [0.25, 0.3) is 5.91 Å². The van der Waals surface area contributed by atoms with Crippen LogP contribution in [0.3, 0.4) is 0 Å². The molecular weight excluding hydrogens is 278 g/mol. The van der Waals surface area contributed by atoms with Crippen LogP contribution >= 0.6 is 0 Å². The second kappa shape index (κ2) is 7.26. The van der Waals surface area contributed by atoms with E-state index in [0.29, 0.717) is 5.71 Å². The van der Waals surface area contributed by atoms with Crippen molar-refractivity contribution in [2.45, 2.75) is 13.8 Å². The molecule has 0 saturated heterocycles. The van der Waals surface area contributed by atoms with E-state index >= 15 is 0 Å². The smallest absolute Gasteiger partial charge is 0.259 e. The maximum absolute atomic E-state index is 11.8. The Morgan fingerprint density at radius 1 is 1.09 bits per heavy atom. The molecule has 5 nitrogen and oxygen atoms in total. The Bertz CT molecular complexity index is 661. The van der Waals surface area contributed by atoms with E-state index < -0.39 is 0 Å². The topological polar surface area (TPSA) is 73.7 Å². The number of nitrogens with zero attached hydrogens (tertiary/aromatic N) is 1. The lowest BCUT2D eigenvalue weighted by atomic mass is 10.1. The van der Waals surface area contributed by atoms with Crippen molar-refractivity contribution < 1.29 is 9.90 Å². The van der Waals surface area contributed by atoms with Gasteiger partial charge >= 0.3 is 0 Å². The van der Waals surface area contributed by atoms with Crippen LogP contribution in [0.15, 0.2) is 53.6 Å². The maximum atomic E-state index is 11.8. The Kier molecular flexibility index (Phi) is 5.14. The molecular formula is C17H19N3O2. The van der Waals surface area contributed by atoms with E-state index in [1.807, 2.05) is 31.2 Å². The van der Waals surface area contributed by atoms with E-state index in [-0.39, 0.29) is 18.2 Å². The van der Waals surface area contributed by atoms with Crippen molar-refractivity contribution in [2.24, 2.45) is 5.10 Å². The van der Waals surface area contributed by atoms with E-state index in [0.717, 1.165) is 11.3 Å². The molecule has 114 valence electrons. The molecule has 2 aromatic rings. The van der Waals surface area contributed by atoms with E-state index in [2.05, 4.69) is 15.8 Å². The fourth-order valence-electron chi connectivity index (χ4n) is 1.81. The third-order valence-corrected chi connectivity index (χ3v) is 3.14. The number of hydrazone groups is 1. The predicted molar refractivity (Wildman–Crippen MR) is 88.1 cm³/mol. The lowest BCUT2D eigenvalue weighted by Gasteiger charge is -2.06. The Labute approximate surface area is 129 Å². The summed E-state index contributed by atoms with van der Waals surface area (Å²) < 4.78 is 0. The van der Waals surface area contributed by atoms with Gasteiger partial charge in [-0.3, -0.25) is 4.79 Å². The summed E-state index contributed by atoms with van der Waals surface area (Å²) in [5.74, 6) is -0.0263. The summed E-state index contributed by atoms with van der Waals surface area (Å²) in [4.78, 5) is 11.8. The van der Waals surface area contributed by atoms with Crippen molar-refractivity contribution in [3.63, 3.8) is 0 Å². The molecule has 0 aromatic heterocycles. The zero-order valence-electron chi connectivity index (χ0n) is 12.6. The lowest BCUT2D eigenvalue weighted by molar-refractivity contribution is -0.119. The summed E-state index contributed by atoms with van der Waals surface area (Å²) in [6.07, 6.45) is 0. The fraction of sp³-hybridized carbons (Fsp3) is 0.176. The van der Waals surface area contributed by atoms with Crippen LogP contribution in [0.4, 0.5) is 5.69 Å². The second-order valence-electron chi connectivity index (χ2n) is 5.00. The quantitative estimate of drug-likeness (QED) is 0.587. The first-order valence-corrected chi connectivity index (χ1v) is 6.97. The monoisotopic (exact) mass is 297 g/mol. The van der Waals surface area contributed by atoms with Crippen LogP contribution in [0.2, 0.25) is 0 Å². The summed E-state index contributed by atoms with van der Waals surface area (Å²) in [6, 6.07) is 14.4. The highest BCUT2D eigenvalue weighted by molar-refractivity contribution is 5.99. The van der Waals surface area contributed by atoms with Crippen LogP contribution in [0.1, 0.15) is 18.1 Å². The molecule has 5 heteroatoms. The van der Waals surface area contributed by atoms with Crippen molar-refractivity contribution in [2.75, 3.05) is 11.9 Å². The average Bonchev–Trinajstić information content (AvgIpc) is 2.52. The molecule has 0 aliphatic rings. The molecule has 0 heterocycles. The molecule has 0 saturated carbocycles. The van der Waals surface area contributed by atoms with Crippen molar-refractivity contribution in [1.29, 1.82) is 0 Å². The highest BCUT2D eigenvalue weighted by Gasteiger charge is 2.02. The van der Waals surface area contributed by atoms with Crippen molar-refractivity contribution >= 4 is 17.3 Å². The Balaban J connectivity index is 1.85. The van der Waals surface area contributed by atoms with Crippen LogP contribution in [-0.2, 0) is 4.79 Å². The van der Waals surface area contributed by atoms with Gasteiger partial charge in [-0.1, -0.05) is 17.7 Å². The fourth-order valence-corrected chi connectivity index (χ4v) is 1.81. The van der Waals surface area contributed by atoms with Gasteiger partial charge in [0.2, 0.25) is 0 Å². The van der Waals surface area contributed by atoms with Gasteiger partial charge in [0, 0.05) is 5.69 Å². The first-order valence-electron chi connectivity index (χ1n) is 6.97. The number of benzene rings is 2. The molecule has 2 aromatic carbocycles. The first-order chi connectivity index (χ1) is 10.5. The van der Waals surface area contributed by atoms with Gasteiger partial charge < -0.3 is 10.4 Å². The predicted octanol–water partition coefficient (Wildman–Crippen LogP) is 2.65. The molecule has 22 heavy (non-hydrogen) atoms. The van der Waals surface area contributed by atoms with Crippen LogP contribution in [-0.4, -0.2) is 23.3 Å². The Morgan fingerprint density at radius 2 is 1.73 bits per heavy atom. The number of carbonyl (C=O) groups excluding carboxylic acids is 1. The van der Waals surface area contributed by atoms with Gasteiger partial charge in [-0.2, -0.15) is 5.10 Å². The highest BCUT2D eigenvalue weighted by atomic mass is 16.3. The van der Waals surface area contributed by atoms with Gasteiger partial charge in [-0.25, -0.2) is 5.43 Å². The standard InChI is InChI=1S/C17H19N3O2/c1-12-3-7-15(8-4-12)18-11-17(22)20-19-13(2)14-5-9-16(21)10-6-14/h3-10,18,21H,11H2,1-2H3,(H,20,22)/b19-13+. The second-order valence-corrected chi connectivity index (χ2v) is 5.00. The van der Waals surface area contributed by atoms with E-state index in [1.165, 1.54) is 5.56 Å². The van der Waals surface area contributed by atoms with Crippen LogP contribution in [0, 0.1) is 6.92 Å². The number of phenols is 1. The van der Waals surface area contributed by atoms with Gasteiger partial charge in [0.15, 0.2) is 0 Å². The normalized spacial score (nSPS) is 11.1. The summed E-state index contributed by atoms with van der Waals surface area (Å²) in [5.41, 5.74) is 6.07. The van der Waals surface area contributed by atoms with Crippen LogP contribution < -0.4 is 10.7 Å². The van der Waals surface area contributed by atoms with E-state index in [4.69, 9.17) is 0 Å². The van der Waals surface area contributed by atoms with Gasteiger partial charge in [0.05, 0.1) is 12.3 Å². The van der Waals surface area contributed by atoms with Crippen LogP contribution in [0.25, 0.3) is 0 Å². The largest absolute Gasteiger partial charge is 0.508 e. The Morgan fingerprint density at radius 3 is 2.36 bits per heavy atom. The van der Waals surface area contributed by atoms with Crippen molar-refractivity contribution in [1.82, 2.24) is 5.43 Å². The molecule has 0 bridgehead atoms. The number of nitrogens with one attached hydrogen (secondary N) is 2. The first kappa shape index (κ1) is 15.6. The van der Waals surface area contributed by atoms with E-state index in [1.54, 1.807) is 31.2 Å². The average molecular weight is 297 g/mol.